The molecule has 1 aromatic carbocycles. The Labute approximate surface area is 78.3 Å². The van der Waals surface area contributed by atoms with Crippen LogP contribution < -0.4 is 16.4 Å². The number of nitrogens with one attached hydrogen (secondary N) is 2. The second-order valence-corrected chi connectivity index (χ2v) is 3.54. The number of fused-ring (bicyclic) bond motifs is 1. The predicted octanol–water partition coefficient (Wildman–Crippen LogP) is 1.17. The van der Waals surface area contributed by atoms with Crippen molar-refractivity contribution in [3.8, 4) is 0 Å². The van der Waals surface area contributed by atoms with Gasteiger partial charge in [-0.15, -0.1) is 0 Å². The molecule has 3 heteroatoms. The Morgan fingerprint density at radius 3 is 3.15 bits per heavy atom. The highest BCUT2D eigenvalue weighted by atomic mass is 15.0. The predicted molar refractivity (Wildman–Crippen MR) is 55.6 cm³/mol. The summed E-state index contributed by atoms with van der Waals surface area (Å²) >= 11 is 0. The van der Waals surface area contributed by atoms with Crippen molar-refractivity contribution in [1.29, 1.82) is 0 Å². The molecule has 4 N–H and O–H groups in total. The first kappa shape index (κ1) is 8.38. The van der Waals surface area contributed by atoms with Crippen LogP contribution in [0.25, 0.3) is 0 Å². The highest BCUT2D eigenvalue weighted by Gasteiger charge is 2.12. The van der Waals surface area contributed by atoms with Crippen molar-refractivity contribution in [2.75, 3.05) is 17.6 Å². The van der Waals surface area contributed by atoms with Crippen molar-refractivity contribution in [2.24, 2.45) is 0 Å². The van der Waals surface area contributed by atoms with Crippen LogP contribution in [0.1, 0.15) is 12.5 Å². The first-order valence-electron chi connectivity index (χ1n) is 4.62. The van der Waals surface area contributed by atoms with Gasteiger partial charge in [-0.25, -0.2) is 0 Å². The molecule has 2 rings (SSSR count). The van der Waals surface area contributed by atoms with Crippen molar-refractivity contribution in [2.45, 2.75) is 19.5 Å². The zero-order valence-corrected chi connectivity index (χ0v) is 7.80. The van der Waals surface area contributed by atoms with E-state index in [2.05, 4.69) is 23.6 Å². The summed E-state index contributed by atoms with van der Waals surface area (Å²) in [6.07, 6.45) is 0. The number of nitrogens with two attached hydrogens (primary N) is 1. The highest BCUT2D eigenvalue weighted by Crippen LogP contribution is 2.24. The Bertz CT molecular complexity index is 309. The molecule has 0 amide bonds. The third-order valence-corrected chi connectivity index (χ3v) is 2.41. The molecule has 1 atom stereocenters. The summed E-state index contributed by atoms with van der Waals surface area (Å²) in [5.41, 5.74) is 9.06. The van der Waals surface area contributed by atoms with E-state index in [1.807, 2.05) is 12.1 Å². The maximum absolute atomic E-state index is 5.87. The van der Waals surface area contributed by atoms with Gasteiger partial charge in [0.25, 0.3) is 0 Å². The van der Waals surface area contributed by atoms with Crippen molar-refractivity contribution in [3.05, 3.63) is 23.8 Å². The molecule has 1 aliphatic rings. The molecule has 0 fully saturated rings. The van der Waals surface area contributed by atoms with Crippen LogP contribution in [0.2, 0.25) is 0 Å². The molecule has 1 heterocycles. The number of hydrogen-bond acceptors (Lipinski definition) is 3. The van der Waals surface area contributed by atoms with Crippen LogP contribution in [0, 0.1) is 0 Å². The average molecular weight is 177 g/mol. The van der Waals surface area contributed by atoms with Crippen LogP contribution in [0.5, 0.6) is 0 Å². The Morgan fingerprint density at radius 1 is 1.46 bits per heavy atom. The molecule has 0 unspecified atom stereocenters. The number of para-hydroxylation sites is 1. The number of benzene rings is 1. The van der Waals surface area contributed by atoms with Gasteiger partial charge in [-0.2, -0.15) is 0 Å². The quantitative estimate of drug-likeness (QED) is 0.521. The maximum Gasteiger partial charge on any atom is 0.0620 e. The van der Waals surface area contributed by atoms with Crippen molar-refractivity contribution in [3.63, 3.8) is 0 Å². The van der Waals surface area contributed by atoms with Crippen LogP contribution in [0.3, 0.4) is 0 Å². The maximum atomic E-state index is 5.87. The molecule has 0 aliphatic carbocycles. The van der Waals surface area contributed by atoms with Gasteiger partial charge in [-0.1, -0.05) is 12.1 Å². The molecule has 0 spiro atoms. The summed E-state index contributed by atoms with van der Waals surface area (Å²) in [6, 6.07) is 6.52. The van der Waals surface area contributed by atoms with E-state index in [-0.39, 0.29) is 0 Å². The topological polar surface area (TPSA) is 50.1 Å². The fourth-order valence-corrected chi connectivity index (χ4v) is 1.59. The summed E-state index contributed by atoms with van der Waals surface area (Å²) < 4.78 is 0. The largest absolute Gasteiger partial charge is 0.397 e. The monoisotopic (exact) mass is 177 g/mol. The number of rotatable bonds is 0. The average Bonchev–Trinajstić information content (AvgIpc) is 2.30. The smallest absolute Gasteiger partial charge is 0.0620 e. The Balaban J connectivity index is 2.35. The molecule has 1 aromatic rings. The lowest BCUT2D eigenvalue weighted by atomic mass is 10.1. The number of hydrogen-bond donors (Lipinski definition) is 3. The molecular formula is C10H15N3. The Kier molecular flexibility index (Phi) is 2.10. The standard InChI is InChI=1S/C10H15N3/c1-7-5-13-10-8(6-12-7)3-2-4-9(10)11/h2-4,7,12-13H,5-6,11H2,1H3/t7-/m0/s1. The fourth-order valence-electron chi connectivity index (χ4n) is 1.59. The minimum absolute atomic E-state index is 0.492. The summed E-state index contributed by atoms with van der Waals surface area (Å²) in [5.74, 6) is 0. The normalized spacial score (nSPS) is 21.5. The van der Waals surface area contributed by atoms with Crippen LogP contribution in [0.4, 0.5) is 11.4 Å². The molecule has 0 aromatic heterocycles. The van der Waals surface area contributed by atoms with E-state index in [0.29, 0.717) is 6.04 Å². The lowest BCUT2D eigenvalue weighted by Crippen LogP contribution is -2.29. The Hall–Kier alpha value is -1.22. The molecule has 1 aliphatic heterocycles. The SMILES string of the molecule is C[C@H]1CNc2c(N)cccc2CN1. The zero-order chi connectivity index (χ0) is 9.26. The third kappa shape index (κ3) is 1.60. The number of anilines is 2. The van der Waals surface area contributed by atoms with Crippen LogP contribution in [-0.4, -0.2) is 12.6 Å². The van der Waals surface area contributed by atoms with Gasteiger partial charge in [0.1, 0.15) is 0 Å². The molecule has 3 nitrogen and oxygen atoms in total. The highest BCUT2D eigenvalue weighted by molar-refractivity contribution is 5.70. The van der Waals surface area contributed by atoms with Gasteiger partial charge < -0.3 is 16.4 Å². The number of nitrogen functional groups attached to an aromatic ring is 1. The van der Waals surface area contributed by atoms with Crippen molar-refractivity contribution >= 4 is 11.4 Å². The lowest BCUT2D eigenvalue weighted by Gasteiger charge is -2.10. The van der Waals surface area contributed by atoms with Crippen LogP contribution in [0.15, 0.2) is 18.2 Å². The van der Waals surface area contributed by atoms with E-state index < -0.39 is 0 Å². The van der Waals surface area contributed by atoms with Gasteiger partial charge >= 0.3 is 0 Å². The van der Waals surface area contributed by atoms with Gasteiger partial charge in [0.05, 0.1) is 11.4 Å². The molecule has 0 radical (unpaired) electrons. The van der Waals surface area contributed by atoms with Gasteiger partial charge in [0.2, 0.25) is 0 Å². The van der Waals surface area contributed by atoms with Gasteiger partial charge in [0, 0.05) is 19.1 Å². The second kappa shape index (κ2) is 3.26. The lowest BCUT2D eigenvalue weighted by molar-refractivity contribution is 0.581. The first-order chi connectivity index (χ1) is 6.27. The van der Waals surface area contributed by atoms with E-state index in [1.165, 1.54) is 5.56 Å². The van der Waals surface area contributed by atoms with Crippen LogP contribution in [-0.2, 0) is 6.54 Å². The molecule has 0 bridgehead atoms. The van der Waals surface area contributed by atoms with Gasteiger partial charge in [-0.05, 0) is 18.6 Å². The van der Waals surface area contributed by atoms with E-state index in [4.69, 9.17) is 5.73 Å². The van der Waals surface area contributed by atoms with E-state index in [0.717, 1.165) is 24.5 Å². The van der Waals surface area contributed by atoms with Gasteiger partial charge in [0.15, 0.2) is 0 Å². The van der Waals surface area contributed by atoms with E-state index in [1.54, 1.807) is 0 Å². The zero-order valence-electron chi connectivity index (χ0n) is 7.80. The third-order valence-electron chi connectivity index (χ3n) is 2.41. The molecule has 0 saturated heterocycles. The minimum atomic E-state index is 0.492. The summed E-state index contributed by atoms with van der Waals surface area (Å²) in [5, 5.41) is 6.77. The van der Waals surface area contributed by atoms with E-state index >= 15 is 0 Å². The van der Waals surface area contributed by atoms with Crippen LogP contribution >= 0.6 is 0 Å². The summed E-state index contributed by atoms with van der Waals surface area (Å²) in [6.45, 7) is 3.99. The van der Waals surface area contributed by atoms with Crippen molar-refractivity contribution in [1.82, 2.24) is 5.32 Å². The van der Waals surface area contributed by atoms with Crippen molar-refractivity contribution < 1.29 is 0 Å². The summed E-state index contributed by atoms with van der Waals surface area (Å²) in [7, 11) is 0. The molecule has 13 heavy (non-hydrogen) atoms. The van der Waals surface area contributed by atoms with Gasteiger partial charge in [-0.3, -0.25) is 0 Å². The molecule has 0 saturated carbocycles. The minimum Gasteiger partial charge on any atom is -0.397 e. The summed E-state index contributed by atoms with van der Waals surface area (Å²) in [4.78, 5) is 0. The first-order valence-corrected chi connectivity index (χ1v) is 4.62. The second-order valence-electron chi connectivity index (χ2n) is 3.54. The molecular weight excluding hydrogens is 162 g/mol. The molecule has 70 valence electrons. The fraction of sp³-hybridized carbons (Fsp3) is 0.400. The van der Waals surface area contributed by atoms with E-state index in [9.17, 15) is 0 Å². The Morgan fingerprint density at radius 2 is 2.31 bits per heavy atom.